The normalized spacial score (nSPS) is 10.5. The van der Waals surface area contributed by atoms with Crippen molar-refractivity contribution >= 4 is 34.1 Å². The van der Waals surface area contributed by atoms with Crippen LogP contribution in [0.2, 0.25) is 0 Å². The zero-order valence-corrected chi connectivity index (χ0v) is 12.2. The van der Waals surface area contributed by atoms with Crippen LogP contribution in [0, 0.1) is 3.57 Å². The van der Waals surface area contributed by atoms with Gasteiger partial charge in [-0.2, -0.15) is 9.36 Å². The summed E-state index contributed by atoms with van der Waals surface area (Å²) in [6.07, 6.45) is 0.711. The van der Waals surface area contributed by atoms with E-state index in [-0.39, 0.29) is 0 Å². The molecule has 1 heterocycles. The Balaban J connectivity index is 2.04. The SMILES string of the molecule is COCCc1nsc(Oc2ccccc2I)n1. The van der Waals surface area contributed by atoms with E-state index in [9.17, 15) is 0 Å². The summed E-state index contributed by atoms with van der Waals surface area (Å²) in [6.45, 7) is 0.624. The number of aromatic nitrogens is 2. The van der Waals surface area contributed by atoms with Crippen LogP contribution in [-0.2, 0) is 11.2 Å². The highest BCUT2D eigenvalue weighted by Gasteiger charge is 2.07. The second kappa shape index (κ2) is 6.27. The molecule has 0 amide bonds. The minimum Gasteiger partial charge on any atom is -0.429 e. The Hall–Kier alpha value is -0.730. The summed E-state index contributed by atoms with van der Waals surface area (Å²) in [5.74, 6) is 1.57. The molecule has 0 radical (unpaired) electrons. The zero-order valence-electron chi connectivity index (χ0n) is 9.22. The molecule has 2 aromatic rings. The first-order chi connectivity index (χ1) is 8.29. The molecule has 1 aromatic carbocycles. The number of benzene rings is 1. The zero-order chi connectivity index (χ0) is 12.1. The predicted molar refractivity (Wildman–Crippen MR) is 74.7 cm³/mol. The lowest BCUT2D eigenvalue weighted by Gasteiger charge is -2.02. The Bertz CT molecular complexity index is 490. The van der Waals surface area contributed by atoms with E-state index >= 15 is 0 Å². The number of hydrogen-bond donors (Lipinski definition) is 0. The van der Waals surface area contributed by atoms with Gasteiger partial charge >= 0.3 is 0 Å². The van der Waals surface area contributed by atoms with Gasteiger partial charge in [0.1, 0.15) is 11.6 Å². The van der Waals surface area contributed by atoms with Crippen LogP contribution in [-0.4, -0.2) is 23.1 Å². The van der Waals surface area contributed by atoms with Gasteiger partial charge in [-0.25, -0.2) is 0 Å². The van der Waals surface area contributed by atoms with Crippen molar-refractivity contribution in [3.05, 3.63) is 33.7 Å². The van der Waals surface area contributed by atoms with Gasteiger partial charge in [0.05, 0.1) is 10.2 Å². The van der Waals surface area contributed by atoms with E-state index in [4.69, 9.17) is 9.47 Å². The van der Waals surface area contributed by atoms with Crippen LogP contribution in [0.15, 0.2) is 24.3 Å². The lowest BCUT2D eigenvalue weighted by Crippen LogP contribution is -1.96. The van der Waals surface area contributed by atoms with Crippen LogP contribution in [0.1, 0.15) is 5.82 Å². The topological polar surface area (TPSA) is 44.2 Å². The molecule has 0 fully saturated rings. The fourth-order valence-electron chi connectivity index (χ4n) is 1.20. The summed E-state index contributed by atoms with van der Waals surface area (Å²) in [4.78, 5) is 4.29. The average Bonchev–Trinajstić information content (AvgIpc) is 2.77. The molecular formula is C11H11IN2O2S. The largest absolute Gasteiger partial charge is 0.429 e. The van der Waals surface area contributed by atoms with Crippen molar-refractivity contribution in [3.63, 3.8) is 0 Å². The first-order valence-corrected chi connectivity index (χ1v) is 6.88. The third-order valence-corrected chi connectivity index (χ3v) is 3.54. The van der Waals surface area contributed by atoms with Crippen LogP contribution < -0.4 is 4.74 Å². The summed E-state index contributed by atoms with van der Waals surface area (Å²) in [5, 5.41) is 0.570. The van der Waals surface area contributed by atoms with Crippen molar-refractivity contribution in [2.75, 3.05) is 13.7 Å². The van der Waals surface area contributed by atoms with Crippen molar-refractivity contribution < 1.29 is 9.47 Å². The quantitative estimate of drug-likeness (QED) is 0.767. The molecule has 4 nitrogen and oxygen atoms in total. The first-order valence-electron chi connectivity index (χ1n) is 5.03. The van der Waals surface area contributed by atoms with Crippen molar-refractivity contribution in [1.82, 2.24) is 9.36 Å². The molecule has 2 rings (SSSR count). The lowest BCUT2D eigenvalue weighted by molar-refractivity contribution is 0.200. The van der Waals surface area contributed by atoms with Gasteiger partial charge in [0.15, 0.2) is 0 Å². The standard InChI is InChI=1S/C11H11IN2O2S/c1-15-7-6-10-13-11(17-14-10)16-9-5-3-2-4-8(9)12/h2-5H,6-7H2,1H3. The van der Waals surface area contributed by atoms with Crippen LogP contribution >= 0.6 is 34.1 Å². The third-order valence-electron chi connectivity index (χ3n) is 2.01. The molecule has 0 spiro atoms. The molecule has 0 aliphatic rings. The van der Waals surface area contributed by atoms with E-state index in [2.05, 4.69) is 31.9 Å². The first kappa shape index (κ1) is 12.7. The molecule has 1 aromatic heterocycles. The highest BCUT2D eigenvalue weighted by atomic mass is 127. The summed E-state index contributed by atoms with van der Waals surface area (Å²) in [5.41, 5.74) is 0. The molecule has 0 aliphatic heterocycles. The van der Waals surface area contributed by atoms with E-state index in [1.165, 1.54) is 11.5 Å². The molecule has 0 atom stereocenters. The molecule has 17 heavy (non-hydrogen) atoms. The predicted octanol–water partition coefficient (Wildman–Crippen LogP) is 3.12. The minimum atomic E-state index is 0.570. The number of methoxy groups -OCH3 is 1. The highest BCUT2D eigenvalue weighted by molar-refractivity contribution is 14.1. The number of nitrogens with zero attached hydrogens (tertiary/aromatic N) is 2. The van der Waals surface area contributed by atoms with Crippen LogP contribution in [0.3, 0.4) is 0 Å². The number of halogens is 1. The van der Waals surface area contributed by atoms with Gasteiger partial charge in [-0.05, 0) is 34.7 Å². The maximum Gasteiger partial charge on any atom is 0.298 e. The van der Waals surface area contributed by atoms with Gasteiger partial charge in [0.25, 0.3) is 5.19 Å². The number of ether oxygens (including phenoxy) is 2. The van der Waals surface area contributed by atoms with E-state index in [1.54, 1.807) is 7.11 Å². The van der Waals surface area contributed by atoms with Crippen molar-refractivity contribution in [2.45, 2.75) is 6.42 Å². The molecule has 0 bridgehead atoms. The van der Waals surface area contributed by atoms with Gasteiger partial charge in [-0.15, -0.1) is 0 Å². The Morgan fingerprint density at radius 3 is 2.94 bits per heavy atom. The fraction of sp³-hybridized carbons (Fsp3) is 0.273. The average molecular weight is 362 g/mol. The highest BCUT2D eigenvalue weighted by Crippen LogP contribution is 2.27. The third kappa shape index (κ3) is 3.62. The monoisotopic (exact) mass is 362 g/mol. The Morgan fingerprint density at radius 1 is 1.35 bits per heavy atom. The second-order valence-electron chi connectivity index (χ2n) is 3.25. The minimum absolute atomic E-state index is 0.570. The van der Waals surface area contributed by atoms with Gasteiger partial charge < -0.3 is 9.47 Å². The van der Waals surface area contributed by atoms with Gasteiger partial charge in [-0.1, -0.05) is 12.1 Å². The van der Waals surface area contributed by atoms with Gasteiger partial charge in [-0.3, -0.25) is 0 Å². The van der Waals surface area contributed by atoms with E-state index in [1.807, 2.05) is 24.3 Å². The van der Waals surface area contributed by atoms with E-state index in [0.717, 1.165) is 15.1 Å². The molecule has 0 saturated carbocycles. The molecule has 0 saturated heterocycles. The van der Waals surface area contributed by atoms with E-state index < -0.39 is 0 Å². The number of hydrogen-bond acceptors (Lipinski definition) is 5. The Morgan fingerprint density at radius 2 is 2.18 bits per heavy atom. The lowest BCUT2D eigenvalue weighted by atomic mass is 10.3. The summed E-state index contributed by atoms with van der Waals surface area (Å²) >= 11 is 3.49. The molecule has 0 aliphatic carbocycles. The molecule has 0 N–H and O–H groups in total. The van der Waals surface area contributed by atoms with Crippen LogP contribution in [0.25, 0.3) is 0 Å². The second-order valence-corrected chi connectivity index (χ2v) is 5.13. The molecular weight excluding hydrogens is 351 g/mol. The summed E-state index contributed by atoms with van der Waals surface area (Å²) in [6, 6.07) is 7.81. The Labute approximate surface area is 117 Å². The van der Waals surface area contributed by atoms with Gasteiger partial charge in [0.2, 0.25) is 0 Å². The fourth-order valence-corrected chi connectivity index (χ4v) is 2.28. The van der Waals surface area contributed by atoms with Crippen LogP contribution in [0.4, 0.5) is 0 Å². The van der Waals surface area contributed by atoms with Crippen molar-refractivity contribution in [1.29, 1.82) is 0 Å². The Kier molecular flexibility index (Phi) is 4.69. The molecule has 6 heteroatoms. The molecule has 90 valence electrons. The van der Waals surface area contributed by atoms with Crippen LogP contribution in [0.5, 0.6) is 10.9 Å². The molecule has 0 unspecified atom stereocenters. The van der Waals surface area contributed by atoms with Gasteiger partial charge in [0, 0.05) is 25.1 Å². The van der Waals surface area contributed by atoms with E-state index in [0.29, 0.717) is 18.2 Å². The maximum atomic E-state index is 5.67. The van der Waals surface area contributed by atoms with Crippen molar-refractivity contribution in [2.24, 2.45) is 0 Å². The summed E-state index contributed by atoms with van der Waals surface area (Å²) in [7, 11) is 1.66. The van der Waals surface area contributed by atoms with Crippen molar-refractivity contribution in [3.8, 4) is 10.9 Å². The number of rotatable bonds is 5. The maximum absolute atomic E-state index is 5.67. The number of para-hydroxylation sites is 1. The summed E-state index contributed by atoms with van der Waals surface area (Å²) < 4.78 is 15.9. The smallest absolute Gasteiger partial charge is 0.298 e.